The highest BCUT2D eigenvalue weighted by molar-refractivity contribution is 6.22. The Bertz CT molecular complexity index is 1100. The van der Waals surface area contributed by atoms with Gasteiger partial charge in [0.15, 0.2) is 0 Å². The first-order valence-electron chi connectivity index (χ1n) is 11.3. The summed E-state index contributed by atoms with van der Waals surface area (Å²) in [4.78, 5) is 40.4. The Morgan fingerprint density at radius 1 is 0.938 bits per heavy atom. The molecular weight excluding hydrogens is 404 g/mol. The molecule has 7 rings (SSSR count). The number of ether oxygens (including phenoxy) is 1. The molecule has 2 aromatic rings. The largest absolute Gasteiger partial charge is 0.494 e. The van der Waals surface area contributed by atoms with E-state index in [0.717, 1.165) is 12.2 Å². The number of hydrogen-bond acceptors (Lipinski definition) is 4. The molecule has 2 bridgehead atoms. The minimum atomic E-state index is -0.254. The van der Waals surface area contributed by atoms with Crippen molar-refractivity contribution >= 4 is 29.1 Å². The van der Waals surface area contributed by atoms with Crippen LogP contribution < -0.4 is 15.0 Å². The molecule has 6 atom stereocenters. The summed E-state index contributed by atoms with van der Waals surface area (Å²) in [5.74, 6) is 1.45. The molecule has 5 aliphatic rings. The van der Waals surface area contributed by atoms with Gasteiger partial charge in [-0.25, -0.2) is 0 Å². The fraction of sp³-hybridized carbons (Fsp3) is 0.346. The Morgan fingerprint density at radius 2 is 1.53 bits per heavy atom. The summed E-state index contributed by atoms with van der Waals surface area (Å²) in [6.45, 7) is 2.50. The second-order valence-corrected chi connectivity index (χ2v) is 9.12. The molecule has 3 amide bonds. The average molecular weight is 428 g/mol. The Balaban J connectivity index is 1.18. The van der Waals surface area contributed by atoms with E-state index >= 15 is 0 Å². The highest BCUT2D eigenvalue weighted by Crippen LogP contribution is 2.65. The third-order valence-corrected chi connectivity index (χ3v) is 7.47. The Labute approximate surface area is 186 Å². The number of nitrogens with one attached hydrogen (secondary N) is 1. The molecule has 2 aromatic carbocycles. The number of allylic oxidation sites excluding steroid dienone is 2. The lowest BCUT2D eigenvalue weighted by Gasteiger charge is -2.37. The number of nitrogens with zero attached hydrogens (tertiary/aromatic N) is 1. The molecule has 0 radical (unpaired) electrons. The molecule has 6 heteroatoms. The van der Waals surface area contributed by atoms with Gasteiger partial charge >= 0.3 is 0 Å². The molecule has 1 heterocycles. The fourth-order valence-corrected chi connectivity index (χ4v) is 5.98. The van der Waals surface area contributed by atoms with E-state index in [1.807, 2.05) is 6.92 Å². The topological polar surface area (TPSA) is 75.7 Å². The van der Waals surface area contributed by atoms with E-state index in [-0.39, 0.29) is 41.4 Å². The lowest BCUT2D eigenvalue weighted by molar-refractivity contribution is -0.124. The van der Waals surface area contributed by atoms with Crippen LogP contribution >= 0.6 is 0 Å². The second kappa shape index (κ2) is 7.05. The van der Waals surface area contributed by atoms with E-state index in [4.69, 9.17) is 4.74 Å². The van der Waals surface area contributed by atoms with Gasteiger partial charge in [0.2, 0.25) is 11.8 Å². The van der Waals surface area contributed by atoms with E-state index < -0.39 is 0 Å². The van der Waals surface area contributed by atoms with Gasteiger partial charge in [-0.15, -0.1) is 0 Å². The number of anilines is 2. The van der Waals surface area contributed by atoms with Crippen molar-refractivity contribution in [1.29, 1.82) is 0 Å². The van der Waals surface area contributed by atoms with Crippen molar-refractivity contribution < 1.29 is 19.1 Å². The highest BCUT2D eigenvalue weighted by atomic mass is 16.5. The van der Waals surface area contributed by atoms with Gasteiger partial charge < -0.3 is 10.1 Å². The SMILES string of the molecule is CCOc1ccc(NC(=O)c2ccc(N3C(=O)[C@@H]4[C@H]5C=C[C@H]([C@H]6C[C@H]56)[C@@H]4C3=O)cc2)cc1. The smallest absolute Gasteiger partial charge is 0.255 e. The first-order valence-corrected chi connectivity index (χ1v) is 11.3. The number of amides is 3. The summed E-state index contributed by atoms with van der Waals surface area (Å²) in [6.07, 6.45) is 5.49. The maximum atomic E-state index is 13.2. The second-order valence-electron chi connectivity index (χ2n) is 9.12. The number of rotatable bonds is 5. The first kappa shape index (κ1) is 19.3. The predicted molar refractivity (Wildman–Crippen MR) is 119 cm³/mol. The molecule has 0 spiro atoms. The molecule has 3 fully saturated rings. The van der Waals surface area contributed by atoms with Gasteiger partial charge in [-0.2, -0.15) is 0 Å². The van der Waals surface area contributed by atoms with Gasteiger partial charge in [-0.1, -0.05) is 12.2 Å². The summed E-state index contributed by atoms with van der Waals surface area (Å²) in [6, 6.07) is 13.9. The van der Waals surface area contributed by atoms with Gasteiger partial charge in [0, 0.05) is 11.3 Å². The number of benzene rings is 2. The van der Waals surface area contributed by atoms with Crippen LogP contribution in [-0.4, -0.2) is 24.3 Å². The van der Waals surface area contributed by atoms with Crippen LogP contribution in [0.2, 0.25) is 0 Å². The van der Waals surface area contributed by atoms with Crippen LogP contribution in [0.15, 0.2) is 60.7 Å². The monoisotopic (exact) mass is 428 g/mol. The molecule has 4 aliphatic carbocycles. The zero-order valence-corrected chi connectivity index (χ0v) is 17.7. The van der Waals surface area contributed by atoms with Crippen LogP contribution in [0.25, 0.3) is 0 Å². The molecule has 1 aliphatic heterocycles. The summed E-state index contributed by atoms with van der Waals surface area (Å²) in [5.41, 5.74) is 1.67. The van der Waals surface area contributed by atoms with Crippen LogP contribution in [-0.2, 0) is 9.59 Å². The van der Waals surface area contributed by atoms with Gasteiger partial charge in [0.1, 0.15) is 5.75 Å². The Hall–Kier alpha value is -3.41. The van der Waals surface area contributed by atoms with Crippen LogP contribution in [0.1, 0.15) is 23.7 Å². The first-order chi connectivity index (χ1) is 15.6. The lowest BCUT2D eigenvalue weighted by Crippen LogP contribution is -2.40. The number of imide groups is 1. The quantitative estimate of drug-likeness (QED) is 0.579. The van der Waals surface area contributed by atoms with Crippen LogP contribution in [0.4, 0.5) is 11.4 Å². The van der Waals surface area contributed by atoms with Crippen molar-refractivity contribution in [1.82, 2.24) is 0 Å². The summed E-state index contributed by atoms with van der Waals surface area (Å²) in [5, 5.41) is 2.85. The molecule has 6 nitrogen and oxygen atoms in total. The summed E-state index contributed by atoms with van der Waals surface area (Å²) in [7, 11) is 0. The van der Waals surface area contributed by atoms with Crippen molar-refractivity contribution in [3.63, 3.8) is 0 Å². The standard InChI is InChI=1S/C26H24N2O4/c1-2-32-17-9-5-15(6-10-17)27-24(29)14-3-7-16(8-4-14)28-25(30)22-18-11-12-19(21-13-20(18)21)23(22)26(28)31/h3-12,18-23H,2,13H2,1H3,(H,27,29)/t18-,19+,20-,21-,22+,23-/m1/s1. The van der Waals surface area contributed by atoms with Crippen molar-refractivity contribution in [2.24, 2.45) is 35.5 Å². The number of carbonyl (C=O) groups is 3. The number of carbonyl (C=O) groups excluding carboxylic acids is 3. The van der Waals surface area contributed by atoms with E-state index in [1.165, 1.54) is 4.90 Å². The molecule has 0 aromatic heterocycles. The molecule has 0 unspecified atom stereocenters. The Kier molecular flexibility index (Phi) is 4.25. The normalized spacial score (nSPS) is 31.3. The van der Waals surface area contributed by atoms with Gasteiger partial charge in [-0.3, -0.25) is 19.3 Å². The summed E-state index contributed by atoms with van der Waals surface area (Å²) >= 11 is 0. The van der Waals surface area contributed by atoms with Gasteiger partial charge in [0.25, 0.3) is 5.91 Å². The zero-order chi connectivity index (χ0) is 22.0. The molecule has 162 valence electrons. The number of hydrogen-bond donors (Lipinski definition) is 1. The maximum absolute atomic E-state index is 13.2. The van der Waals surface area contributed by atoms with Gasteiger partial charge in [-0.05, 0) is 85.5 Å². The molecule has 1 saturated heterocycles. The third-order valence-electron chi connectivity index (χ3n) is 7.47. The maximum Gasteiger partial charge on any atom is 0.255 e. The Morgan fingerprint density at radius 3 is 2.09 bits per heavy atom. The van der Waals surface area contributed by atoms with Crippen molar-refractivity contribution in [3.8, 4) is 5.75 Å². The third kappa shape index (κ3) is 2.82. The predicted octanol–water partition coefficient (Wildman–Crippen LogP) is 3.90. The highest BCUT2D eigenvalue weighted by Gasteiger charge is 2.67. The van der Waals surface area contributed by atoms with Crippen LogP contribution in [0.3, 0.4) is 0 Å². The van der Waals surface area contributed by atoms with Crippen molar-refractivity contribution in [2.75, 3.05) is 16.8 Å². The van der Waals surface area contributed by atoms with Crippen LogP contribution in [0, 0.1) is 35.5 Å². The summed E-state index contributed by atoms with van der Waals surface area (Å²) < 4.78 is 5.41. The van der Waals surface area contributed by atoms with E-state index in [2.05, 4.69) is 17.5 Å². The molecule has 32 heavy (non-hydrogen) atoms. The molecule has 2 saturated carbocycles. The van der Waals surface area contributed by atoms with Crippen molar-refractivity contribution in [3.05, 3.63) is 66.2 Å². The average Bonchev–Trinajstić information content (AvgIpc) is 3.59. The minimum Gasteiger partial charge on any atom is -0.494 e. The van der Waals surface area contributed by atoms with E-state index in [1.54, 1.807) is 48.5 Å². The van der Waals surface area contributed by atoms with E-state index in [0.29, 0.717) is 35.4 Å². The van der Waals surface area contributed by atoms with Crippen molar-refractivity contribution in [2.45, 2.75) is 13.3 Å². The molecular formula is C26H24N2O4. The van der Waals surface area contributed by atoms with Gasteiger partial charge in [0.05, 0.1) is 24.1 Å². The molecule has 1 N–H and O–H groups in total. The lowest BCUT2D eigenvalue weighted by atomic mass is 9.63. The fourth-order valence-electron chi connectivity index (χ4n) is 5.98. The zero-order valence-electron chi connectivity index (χ0n) is 17.7. The van der Waals surface area contributed by atoms with E-state index in [9.17, 15) is 14.4 Å². The minimum absolute atomic E-state index is 0.0868. The van der Waals surface area contributed by atoms with Crippen LogP contribution in [0.5, 0.6) is 5.75 Å².